The van der Waals surface area contributed by atoms with Crippen molar-refractivity contribution in [2.24, 2.45) is 5.10 Å². The summed E-state index contributed by atoms with van der Waals surface area (Å²) in [7, 11) is 0. The maximum absolute atomic E-state index is 11.9. The Morgan fingerprint density at radius 1 is 1.32 bits per heavy atom. The number of carbonyl (C=O) groups excluding carboxylic acids is 2. The molecule has 0 bridgehead atoms. The summed E-state index contributed by atoms with van der Waals surface area (Å²) in [6.45, 7) is 0. The Hall–Kier alpha value is -2.70. The van der Waals surface area contributed by atoms with Crippen molar-refractivity contribution in [2.45, 2.75) is 12.8 Å². The van der Waals surface area contributed by atoms with Gasteiger partial charge in [-0.25, -0.2) is 10.4 Å². The first-order valence-electron chi connectivity index (χ1n) is 5.82. The molecule has 0 fully saturated rings. The lowest BCUT2D eigenvalue weighted by Crippen LogP contribution is -2.32. The number of hydrogen-bond acceptors (Lipinski definition) is 4. The monoisotopic (exact) mass is 257 g/mol. The van der Waals surface area contributed by atoms with Crippen LogP contribution in [0.15, 0.2) is 29.6 Å². The molecular weight excluding hydrogens is 246 g/mol. The van der Waals surface area contributed by atoms with E-state index < -0.39 is 0 Å². The third kappa shape index (κ3) is 2.30. The number of H-pyrrole nitrogens is 1. The summed E-state index contributed by atoms with van der Waals surface area (Å²) in [6.07, 6.45) is 2.23. The average molecular weight is 257 g/mol. The van der Waals surface area contributed by atoms with Gasteiger partial charge in [-0.05, 0) is 18.2 Å². The Labute approximate surface area is 108 Å². The highest BCUT2D eigenvalue weighted by Crippen LogP contribution is 2.16. The number of benzene rings is 1. The van der Waals surface area contributed by atoms with E-state index >= 15 is 0 Å². The van der Waals surface area contributed by atoms with Gasteiger partial charge in [0.2, 0.25) is 5.91 Å². The molecule has 19 heavy (non-hydrogen) atoms. The molecule has 1 aliphatic rings. The number of anilines is 1. The maximum Gasteiger partial charge on any atom is 0.271 e. The highest BCUT2D eigenvalue weighted by Gasteiger charge is 2.18. The van der Waals surface area contributed by atoms with Gasteiger partial charge in [-0.3, -0.25) is 9.59 Å². The Morgan fingerprint density at radius 2 is 2.21 bits per heavy atom. The summed E-state index contributed by atoms with van der Waals surface area (Å²) in [5, 5.41) is 6.48. The largest absolute Gasteiger partial charge is 0.345 e. The number of aromatic nitrogens is 2. The lowest BCUT2D eigenvalue weighted by molar-refractivity contribution is -0.121. The van der Waals surface area contributed by atoms with Crippen LogP contribution in [0, 0.1) is 0 Å². The zero-order valence-corrected chi connectivity index (χ0v) is 9.93. The first kappa shape index (κ1) is 11.4. The first-order valence-corrected chi connectivity index (χ1v) is 5.82. The van der Waals surface area contributed by atoms with E-state index in [0.717, 1.165) is 11.0 Å². The number of aromatic amines is 1. The van der Waals surface area contributed by atoms with Gasteiger partial charge in [0.1, 0.15) is 5.71 Å². The SMILES string of the molecule is O=C1CCC(C(=O)Nc2ccc3nc[nH]c3c2)=NN1. The number of carbonyl (C=O) groups is 2. The van der Waals surface area contributed by atoms with Gasteiger partial charge in [0.25, 0.3) is 5.91 Å². The molecule has 7 heteroatoms. The van der Waals surface area contributed by atoms with E-state index in [4.69, 9.17) is 0 Å². The minimum Gasteiger partial charge on any atom is -0.345 e. The molecule has 3 rings (SSSR count). The summed E-state index contributed by atoms with van der Waals surface area (Å²) in [5.74, 6) is -0.478. The van der Waals surface area contributed by atoms with Crippen LogP contribution in [0.5, 0.6) is 0 Å². The molecule has 0 unspecified atom stereocenters. The second-order valence-electron chi connectivity index (χ2n) is 4.18. The molecule has 0 spiro atoms. The van der Waals surface area contributed by atoms with Gasteiger partial charge in [-0.1, -0.05) is 0 Å². The molecule has 3 N–H and O–H groups in total. The molecule has 0 atom stereocenters. The van der Waals surface area contributed by atoms with Crippen molar-refractivity contribution in [1.29, 1.82) is 0 Å². The van der Waals surface area contributed by atoms with E-state index in [2.05, 4.69) is 25.8 Å². The zero-order chi connectivity index (χ0) is 13.2. The molecule has 2 aromatic rings. The van der Waals surface area contributed by atoms with Gasteiger partial charge in [0, 0.05) is 18.5 Å². The van der Waals surface area contributed by atoms with Crippen LogP contribution >= 0.6 is 0 Å². The van der Waals surface area contributed by atoms with E-state index in [0.29, 0.717) is 17.8 Å². The number of nitrogens with one attached hydrogen (secondary N) is 3. The van der Waals surface area contributed by atoms with Gasteiger partial charge < -0.3 is 10.3 Å². The van der Waals surface area contributed by atoms with Crippen LogP contribution in [0.1, 0.15) is 12.8 Å². The Balaban J connectivity index is 1.77. The average Bonchev–Trinajstić information content (AvgIpc) is 2.87. The maximum atomic E-state index is 11.9. The molecule has 1 aliphatic heterocycles. The molecule has 2 heterocycles. The number of hydrogen-bond donors (Lipinski definition) is 3. The fourth-order valence-corrected chi connectivity index (χ4v) is 1.85. The molecule has 0 saturated carbocycles. The summed E-state index contributed by atoms with van der Waals surface area (Å²) in [4.78, 5) is 29.9. The Kier molecular flexibility index (Phi) is 2.71. The van der Waals surface area contributed by atoms with Crippen molar-refractivity contribution in [3.63, 3.8) is 0 Å². The van der Waals surface area contributed by atoms with Crippen LogP contribution in [0.4, 0.5) is 5.69 Å². The third-order valence-electron chi connectivity index (χ3n) is 2.84. The van der Waals surface area contributed by atoms with Gasteiger partial charge in [0.05, 0.1) is 17.4 Å². The van der Waals surface area contributed by atoms with Crippen LogP contribution in [0.2, 0.25) is 0 Å². The number of rotatable bonds is 2. The molecule has 0 radical (unpaired) electrons. The van der Waals surface area contributed by atoms with Crippen LogP contribution in [0.25, 0.3) is 11.0 Å². The topological polar surface area (TPSA) is 99.2 Å². The van der Waals surface area contributed by atoms with Crippen molar-refractivity contribution in [2.75, 3.05) is 5.32 Å². The van der Waals surface area contributed by atoms with E-state index in [1.54, 1.807) is 18.5 Å². The van der Waals surface area contributed by atoms with Crippen LogP contribution in [-0.4, -0.2) is 27.5 Å². The molecule has 0 aliphatic carbocycles. The molecule has 2 amide bonds. The van der Waals surface area contributed by atoms with Crippen molar-refractivity contribution in [1.82, 2.24) is 15.4 Å². The number of imidazole rings is 1. The molecule has 96 valence electrons. The van der Waals surface area contributed by atoms with Crippen LogP contribution in [-0.2, 0) is 9.59 Å². The van der Waals surface area contributed by atoms with Crippen molar-refractivity contribution in [3.8, 4) is 0 Å². The van der Waals surface area contributed by atoms with Gasteiger partial charge in [0.15, 0.2) is 0 Å². The quantitative estimate of drug-likeness (QED) is 0.740. The van der Waals surface area contributed by atoms with E-state index in [9.17, 15) is 9.59 Å². The molecule has 1 aromatic heterocycles. The summed E-state index contributed by atoms with van der Waals surface area (Å²) >= 11 is 0. The highest BCUT2D eigenvalue weighted by molar-refractivity contribution is 6.43. The zero-order valence-electron chi connectivity index (χ0n) is 9.93. The normalized spacial score (nSPS) is 14.9. The predicted octanol–water partition coefficient (Wildman–Crippen LogP) is 0.767. The van der Waals surface area contributed by atoms with E-state index in [1.165, 1.54) is 0 Å². The minimum absolute atomic E-state index is 0.171. The summed E-state index contributed by atoms with van der Waals surface area (Å²) in [5.41, 5.74) is 4.95. The van der Waals surface area contributed by atoms with E-state index in [1.807, 2.05) is 6.07 Å². The van der Waals surface area contributed by atoms with Gasteiger partial charge in [-0.2, -0.15) is 5.10 Å². The van der Waals surface area contributed by atoms with Crippen LogP contribution < -0.4 is 10.7 Å². The van der Waals surface area contributed by atoms with Crippen LogP contribution in [0.3, 0.4) is 0 Å². The van der Waals surface area contributed by atoms with Gasteiger partial charge in [-0.15, -0.1) is 0 Å². The number of fused-ring (bicyclic) bond motifs is 1. The lowest BCUT2D eigenvalue weighted by Gasteiger charge is -2.11. The highest BCUT2D eigenvalue weighted by atomic mass is 16.2. The van der Waals surface area contributed by atoms with Crippen molar-refractivity contribution >= 4 is 34.2 Å². The second-order valence-corrected chi connectivity index (χ2v) is 4.18. The predicted molar refractivity (Wildman–Crippen MR) is 69.5 cm³/mol. The Morgan fingerprint density at radius 3 is 3.00 bits per heavy atom. The standard InChI is InChI=1S/C12H11N5O2/c18-11-4-3-9(16-17-11)12(19)15-7-1-2-8-10(5-7)14-6-13-8/h1-2,5-6H,3-4H2,(H,13,14)(H,15,19)(H,17,18). The lowest BCUT2D eigenvalue weighted by atomic mass is 10.1. The number of amides is 2. The first-order chi connectivity index (χ1) is 9.22. The fourth-order valence-electron chi connectivity index (χ4n) is 1.85. The molecular formula is C12H11N5O2. The molecule has 1 aromatic carbocycles. The third-order valence-corrected chi connectivity index (χ3v) is 2.84. The fraction of sp³-hybridized carbons (Fsp3) is 0.167. The Bertz CT molecular complexity index is 688. The second kappa shape index (κ2) is 4.52. The number of hydrazone groups is 1. The smallest absolute Gasteiger partial charge is 0.271 e. The summed E-state index contributed by atoms with van der Waals surface area (Å²) in [6, 6.07) is 5.37. The van der Waals surface area contributed by atoms with Gasteiger partial charge >= 0.3 is 0 Å². The number of nitrogens with zero attached hydrogens (tertiary/aromatic N) is 2. The van der Waals surface area contributed by atoms with Crippen molar-refractivity contribution < 1.29 is 9.59 Å². The van der Waals surface area contributed by atoms with Crippen molar-refractivity contribution in [3.05, 3.63) is 24.5 Å². The molecule has 7 nitrogen and oxygen atoms in total. The summed E-state index contributed by atoms with van der Waals surface area (Å²) < 4.78 is 0. The van der Waals surface area contributed by atoms with E-state index in [-0.39, 0.29) is 18.2 Å². The minimum atomic E-state index is -0.307. The molecule has 0 saturated heterocycles.